The van der Waals surface area contributed by atoms with E-state index in [1.165, 1.54) is 0 Å². The molecule has 0 saturated carbocycles. The van der Waals surface area contributed by atoms with E-state index in [9.17, 15) is 0 Å². The minimum atomic E-state index is -0.636. The lowest BCUT2D eigenvalue weighted by molar-refractivity contribution is 0.926. The molecule has 2 aromatic rings. The molecule has 0 aromatic heterocycles. The highest BCUT2D eigenvalue weighted by Crippen LogP contribution is 2.37. The smallest absolute Gasteiger partial charge is 0.104 e. The van der Waals surface area contributed by atoms with Gasteiger partial charge in [0.2, 0.25) is 0 Å². The van der Waals surface area contributed by atoms with Crippen molar-refractivity contribution in [2.75, 3.05) is 0 Å². The summed E-state index contributed by atoms with van der Waals surface area (Å²) in [6, 6.07) is 20.0. The van der Waals surface area contributed by atoms with Crippen LogP contribution in [0.2, 0.25) is 0 Å². The van der Waals surface area contributed by atoms with Gasteiger partial charge in [0.05, 0.1) is 0 Å². The number of allylic oxidation sites excluding steroid dienone is 1. The topological polar surface area (TPSA) is 0 Å². The van der Waals surface area contributed by atoms with E-state index in [1.807, 2.05) is 60.7 Å². The van der Waals surface area contributed by atoms with Gasteiger partial charge in [0, 0.05) is 0 Å². The Balaban J connectivity index is 2.53. The predicted octanol–water partition coefficient (Wildman–Crippen LogP) is 4.36. The summed E-state index contributed by atoms with van der Waals surface area (Å²) in [5.41, 5.74) is 2.08. The van der Waals surface area contributed by atoms with E-state index in [-0.39, 0.29) is 0 Å². The van der Waals surface area contributed by atoms with Crippen LogP contribution in [0.25, 0.3) is 0 Å². The Labute approximate surface area is 101 Å². The van der Waals surface area contributed by atoms with Crippen molar-refractivity contribution in [1.29, 1.82) is 0 Å². The van der Waals surface area contributed by atoms with Gasteiger partial charge in [0.25, 0.3) is 0 Å². The fraction of sp³-hybridized carbons (Fsp3) is 0.0667. The minimum absolute atomic E-state index is 0.636. The van der Waals surface area contributed by atoms with Crippen LogP contribution in [0.5, 0.6) is 0 Å². The Kier molecular flexibility index (Phi) is 3.12. The van der Waals surface area contributed by atoms with Crippen LogP contribution < -0.4 is 0 Å². The standard InChI is InChI=1S/C15H13Cl/c1-2-15(16,13-9-5-3-6-10-13)14-11-7-4-8-12-14/h2-12H,1H2. The van der Waals surface area contributed by atoms with E-state index < -0.39 is 4.87 Å². The van der Waals surface area contributed by atoms with E-state index in [1.54, 1.807) is 6.08 Å². The summed E-state index contributed by atoms with van der Waals surface area (Å²) < 4.78 is 0. The van der Waals surface area contributed by atoms with E-state index in [0.29, 0.717) is 0 Å². The number of hydrogen-bond acceptors (Lipinski definition) is 0. The molecule has 0 aliphatic heterocycles. The van der Waals surface area contributed by atoms with Gasteiger partial charge in [0.15, 0.2) is 0 Å². The maximum Gasteiger partial charge on any atom is 0.112 e. The first-order valence-electron chi connectivity index (χ1n) is 5.21. The number of benzene rings is 2. The molecule has 0 aliphatic rings. The first-order chi connectivity index (χ1) is 7.77. The zero-order valence-electron chi connectivity index (χ0n) is 8.94. The van der Waals surface area contributed by atoms with Crippen molar-refractivity contribution in [2.45, 2.75) is 4.87 Å². The normalized spacial score (nSPS) is 11.1. The van der Waals surface area contributed by atoms with Crippen molar-refractivity contribution in [3.63, 3.8) is 0 Å². The zero-order valence-corrected chi connectivity index (χ0v) is 9.69. The Morgan fingerprint density at radius 3 is 1.50 bits per heavy atom. The van der Waals surface area contributed by atoms with Crippen LogP contribution in [-0.4, -0.2) is 0 Å². The molecular weight excluding hydrogens is 216 g/mol. The zero-order chi connectivity index (χ0) is 11.4. The molecule has 0 N–H and O–H groups in total. The molecule has 0 nitrogen and oxygen atoms in total. The summed E-state index contributed by atoms with van der Waals surface area (Å²) in [7, 11) is 0. The van der Waals surface area contributed by atoms with Gasteiger partial charge in [-0.3, -0.25) is 0 Å². The maximum atomic E-state index is 6.66. The van der Waals surface area contributed by atoms with Gasteiger partial charge in [-0.25, -0.2) is 0 Å². The summed E-state index contributed by atoms with van der Waals surface area (Å²) in [6.45, 7) is 3.85. The van der Waals surface area contributed by atoms with Crippen molar-refractivity contribution >= 4 is 11.6 Å². The van der Waals surface area contributed by atoms with Crippen LogP contribution in [0.1, 0.15) is 11.1 Å². The lowest BCUT2D eigenvalue weighted by atomic mass is 9.90. The SMILES string of the molecule is C=CC(Cl)(c1ccccc1)c1ccccc1. The molecule has 2 aromatic carbocycles. The molecule has 0 bridgehead atoms. The monoisotopic (exact) mass is 228 g/mol. The molecule has 0 unspecified atom stereocenters. The molecule has 0 saturated heterocycles. The maximum absolute atomic E-state index is 6.66. The van der Waals surface area contributed by atoms with Crippen LogP contribution in [0.4, 0.5) is 0 Å². The summed E-state index contributed by atoms with van der Waals surface area (Å²) in [4.78, 5) is -0.636. The van der Waals surface area contributed by atoms with Gasteiger partial charge in [-0.2, -0.15) is 0 Å². The van der Waals surface area contributed by atoms with E-state index >= 15 is 0 Å². The highest BCUT2D eigenvalue weighted by Gasteiger charge is 2.27. The van der Waals surface area contributed by atoms with Gasteiger partial charge in [-0.15, -0.1) is 18.2 Å². The molecule has 0 spiro atoms. The highest BCUT2D eigenvalue weighted by atomic mass is 35.5. The van der Waals surface area contributed by atoms with E-state index in [2.05, 4.69) is 6.58 Å². The molecule has 16 heavy (non-hydrogen) atoms. The van der Waals surface area contributed by atoms with Crippen LogP contribution in [-0.2, 0) is 4.87 Å². The molecule has 0 atom stereocenters. The second-order valence-electron chi connectivity index (χ2n) is 3.65. The Morgan fingerprint density at radius 1 is 0.812 bits per heavy atom. The van der Waals surface area contributed by atoms with Crippen molar-refractivity contribution in [3.8, 4) is 0 Å². The largest absolute Gasteiger partial charge is 0.112 e. The molecular formula is C15H13Cl. The number of rotatable bonds is 3. The fourth-order valence-corrected chi connectivity index (χ4v) is 2.02. The second-order valence-corrected chi connectivity index (χ2v) is 4.24. The molecule has 0 aliphatic carbocycles. The van der Waals surface area contributed by atoms with Crippen molar-refractivity contribution in [3.05, 3.63) is 84.4 Å². The van der Waals surface area contributed by atoms with Gasteiger partial charge in [0.1, 0.15) is 4.87 Å². The first-order valence-corrected chi connectivity index (χ1v) is 5.59. The summed E-state index contributed by atoms with van der Waals surface area (Å²) in [6.07, 6.45) is 1.78. The molecule has 0 amide bonds. The lowest BCUT2D eigenvalue weighted by Gasteiger charge is -2.24. The minimum Gasteiger partial charge on any atom is -0.104 e. The first kappa shape index (κ1) is 11.0. The molecule has 0 fully saturated rings. The van der Waals surface area contributed by atoms with Crippen LogP contribution in [0.15, 0.2) is 73.3 Å². The third-order valence-corrected chi connectivity index (χ3v) is 3.26. The summed E-state index contributed by atoms with van der Waals surface area (Å²) >= 11 is 6.66. The second kappa shape index (κ2) is 4.54. The van der Waals surface area contributed by atoms with Crippen molar-refractivity contribution < 1.29 is 0 Å². The van der Waals surface area contributed by atoms with Gasteiger partial charge in [-0.1, -0.05) is 66.7 Å². The van der Waals surface area contributed by atoms with Gasteiger partial charge < -0.3 is 0 Å². The number of alkyl halides is 1. The molecule has 80 valence electrons. The Bertz CT molecular complexity index is 420. The lowest BCUT2D eigenvalue weighted by Crippen LogP contribution is -2.16. The molecule has 1 heteroatoms. The van der Waals surface area contributed by atoms with Crippen LogP contribution in [0, 0.1) is 0 Å². The van der Waals surface area contributed by atoms with Gasteiger partial charge in [-0.05, 0) is 11.1 Å². The van der Waals surface area contributed by atoms with E-state index in [4.69, 9.17) is 11.6 Å². The van der Waals surface area contributed by atoms with Crippen LogP contribution in [0.3, 0.4) is 0 Å². The van der Waals surface area contributed by atoms with Gasteiger partial charge >= 0.3 is 0 Å². The third kappa shape index (κ3) is 1.89. The number of halogens is 1. The predicted molar refractivity (Wildman–Crippen MR) is 69.7 cm³/mol. The fourth-order valence-electron chi connectivity index (χ4n) is 1.76. The third-order valence-electron chi connectivity index (χ3n) is 2.67. The summed E-state index contributed by atoms with van der Waals surface area (Å²) in [5.74, 6) is 0. The van der Waals surface area contributed by atoms with Crippen molar-refractivity contribution in [1.82, 2.24) is 0 Å². The van der Waals surface area contributed by atoms with E-state index in [0.717, 1.165) is 11.1 Å². The van der Waals surface area contributed by atoms with Crippen molar-refractivity contribution in [2.24, 2.45) is 0 Å². The average Bonchev–Trinajstić information content (AvgIpc) is 2.40. The average molecular weight is 229 g/mol. The highest BCUT2D eigenvalue weighted by molar-refractivity contribution is 6.27. The Hall–Kier alpha value is -1.53. The molecule has 0 heterocycles. The molecule has 0 radical (unpaired) electrons. The Morgan fingerprint density at radius 2 is 1.19 bits per heavy atom. The summed E-state index contributed by atoms with van der Waals surface area (Å²) in [5, 5.41) is 0. The molecule has 2 rings (SSSR count). The number of hydrogen-bond donors (Lipinski definition) is 0. The van der Waals surface area contributed by atoms with Crippen LogP contribution >= 0.6 is 11.6 Å². The quantitative estimate of drug-likeness (QED) is 0.541.